The van der Waals surface area contributed by atoms with Crippen LogP contribution >= 0.6 is 23.6 Å². The summed E-state index contributed by atoms with van der Waals surface area (Å²) in [5, 5.41) is 14.2. The minimum atomic E-state index is -0.404. The quantitative estimate of drug-likeness (QED) is 0.196. The Bertz CT molecular complexity index is 1520. The molecule has 180 valence electrons. The van der Waals surface area contributed by atoms with E-state index in [1.807, 2.05) is 47.3 Å². The van der Waals surface area contributed by atoms with Crippen molar-refractivity contribution in [3.8, 4) is 0 Å². The van der Waals surface area contributed by atoms with E-state index in [-0.39, 0.29) is 0 Å². The molecule has 0 spiro atoms. The molecule has 0 unspecified atom stereocenters. The summed E-state index contributed by atoms with van der Waals surface area (Å²) >= 11 is 7.02. The van der Waals surface area contributed by atoms with Gasteiger partial charge >= 0.3 is 5.97 Å². The van der Waals surface area contributed by atoms with Gasteiger partial charge in [0.15, 0.2) is 5.11 Å². The Balaban J connectivity index is 1.28. The van der Waals surface area contributed by atoms with Gasteiger partial charge in [-0.15, -0.1) is 11.3 Å². The van der Waals surface area contributed by atoms with Crippen molar-refractivity contribution in [1.29, 1.82) is 0 Å². The van der Waals surface area contributed by atoms with Gasteiger partial charge in [-0.05, 0) is 40.2 Å². The van der Waals surface area contributed by atoms with Crippen LogP contribution in [0.4, 0.5) is 10.7 Å². The molecule has 0 saturated heterocycles. The molecule has 36 heavy (non-hydrogen) atoms. The summed E-state index contributed by atoms with van der Waals surface area (Å²) in [6.45, 7) is 0.642. The fraction of sp³-hybridized carbons (Fsp3) is 0.107. The fourth-order valence-corrected chi connectivity index (χ4v) is 5.43. The molecule has 0 radical (unpaired) electrons. The Hall–Kier alpha value is -4.01. The van der Waals surface area contributed by atoms with Gasteiger partial charge in [0.1, 0.15) is 5.00 Å². The number of methoxy groups -OCH3 is 1. The number of esters is 1. The second kappa shape index (κ2) is 10.7. The molecule has 2 N–H and O–H groups in total. The number of thiocarbonyl (C=S) groups is 1. The first-order chi connectivity index (χ1) is 17.6. The normalized spacial score (nSPS) is 10.8. The summed E-state index contributed by atoms with van der Waals surface area (Å²) in [6, 6.07) is 26.6. The molecule has 0 amide bonds. The lowest BCUT2D eigenvalue weighted by Crippen LogP contribution is -2.19. The van der Waals surface area contributed by atoms with Crippen molar-refractivity contribution < 1.29 is 9.53 Å². The molecule has 5 aromatic rings. The Kier molecular flexibility index (Phi) is 7.06. The van der Waals surface area contributed by atoms with Gasteiger partial charge in [0, 0.05) is 17.5 Å². The summed E-state index contributed by atoms with van der Waals surface area (Å²) in [7, 11) is 1.38. The molecule has 0 atom stereocenters. The number of fused-ring (bicyclic) bond motifs is 1. The number of anilines is 2. The summed E-state index contributed by atoms with van der Waals surface area (Å²) in [5.74, 6) is -0.404. The van der Waals surface area contributed by atoms with E-state index < -0.39 is 5.97 Å². The summed E-state index contributed by atoms with van der Waals surface area (Å²) < 4.78 is 6.85. The molecular weight excluding hydrogens is 488 g/mol. The van der Waals surface area contributed by atoms with Crippen LogP contribution < -0.4 is 10.6 Å². The second-order valence-corrected chi connectivity index (χ2v) is 9.80. The molecule has 0 aliphatic heterocycles. The molecule has 2 heterocycles. The first kappa shape index (κ1) is 23.7. The lowest BCUT2D eigenvalue weighted by Gasteiger charge is -2.09. The Morgan fingerprint density at radius 2 is 1.81 bits per heavy atom. The topological polar surface area (TPSA) is 68.2 Å². The van der Waals surface area contributed by atoms with Crippen molar-refractivity contribution in [3.63, 3.8) is 0 Å². The third-order valence-electron chi connectivity index (χ3n) is 5.74. The van der Waals surface area contributed by atoms with Crippen molar-refractivity contribution >= 4 is 56.1 Å². The zero-order chi connectivity index (χ0) is 24.9. The van der Waals surface area contributed by atoms with Gasteiger partial charge in [0.05, 0.1) is 31.1 Å². The number of benzene rings is 3. The third kappa shape index (κ3) is 5.45. The third-order valence-corrected chi connectivity index (χ3v) is 6.99. The molecule has 2 aromatic heterocycles. The predicted molar refractivity (Wildman–Crippen MR) is 150 cm³/mol. The van der Waals surface area contributed by atoms with E-state index in [0.29, 0.717) is 22.2 Å². The predicted octanol–water partition coefficient (Wildman–Crippen LogP) is 6.33. The van der Waals surface area contributed by atoms with Crippen molar-refractivity contribution in [3.05, 3.63) is 113 Å². The van der Waals surface area contributed by atoms with Crippen molar-refractivity contribution in [2.75, 3.05) is 17.7 Å². The number of ether oxygens (including phenoxy) is 1. The molecular formula is C28H24N4O2S2. The highest BCUT2D eigenvalue weighted by atomic mass is 32.1. The van der Waals surface area contributed by atoms with Gasteiger partial charge in [-0.3, -0.25) is 4.68 Å². The number of hydrogen-bond donors (Lipinski definition) is 2. The SMILES string of the molecule is COC(=O)c1cc(Cc2ccccc2)sc1NC(=S)Nc1cnn(Cc2cccc3ccccc23)c1. The Morgan fingerprint density at radius 1 is 1.03 bits per heavy atom. The van der Waals surface area contributed by atoms with Crippen LogP contribution in [0.15, 0.2) is 91.3 Å². The zero-order valence-electron chi connectivity index (χ0n) is 19.6. The number of thiophene rings is 1. The van der Waals surface area contributed by atoms with Gasteiger partial charge in [-0.25, -0.2) is 4.79 Å². The fourth-order valence-electron chi connectivity index (χ4n) is 4.07. The molecule has 8 heteroatoms. The Labute approximate surface area is 218 Å². The van der Waals surface area contributed by atoms with Crippen LogP contribution in [0.5, 0.6) is 0 Å². The van der Waals surface area contributed by atoms with E-state index in [9.17, 15) is 4.79 Å². The van der Waals surface area contributed by atoms with E-state index >= 15 is 0 Å². The van der Waals surface area contributed by atoms with E-state index in [0.717, 1.165) is 17.0 Å². The largest absolute Gasteiger partial charge is 0.465 e. The van der Waals surface area contributed by atoms with Crippen molar-refractivity contribution in [2.24, 2.45) is 0 Å². The van der Waals surface area contributed by atoms with Crippen molar-refractivity contribution in [1.82, 2.24) is 9.78 Å². The first-order valence-electron chi connectivity index (χ1n) is 11.4. The highest BCUT2D eigenvalue weighted by Gasteiger charge is 2.18. The summed E-state index contributed by atoms with van der Waals surface area (Å²) in [6.07, 6.45) is 4.36. The molecule has 0 bridgehead atoms. The highest BCUT2D eigenvalue weighted by Crippen LogP contribution is 2.31. The Morgan fingerprint density at radius 3 is 2.64 bits per heavy atom. The second-order valence-electron chi connectivity index (χ2n) is 8.25. The van der Waals surface area contributed by atoms with Crippen LogP contribution in [-0.2, 0) is 17.7 Å². The van der Waals surface area contributed by atoms with Gasteiger partial charge in [0.25, 0.3) is 0 Å². The lowest BCUT2D eigenvalue weighted by molar-refractivity contribution is 0.0602. The molecule has 3 aromatic carbocycles. The van der Waals surface area contributed by atoms with Gasteiger partial charge < -0.3 is 15.4 Å². The van der Waals surface area contributed by atoms with E-state index in [1.54, 1.807) is 6.20 Å². The van der Waals surface area contributed by atoms with Crippen molar-refractivity contribution in [2.45, 2.75) is 13.0 Å². The van der Waals surface area contributed by atoms with Gasteiger partial charge in [-0.1, -0.05) is 72.8 Å². The van der Waals surface area contributed by atoms with E-state index in [2.05, 4.69) is 58.2 Å². The molecule has 5 rings (SSSR count). The average molecular weight is 513 g/mol. The lowest BCUT2D eigenvalue weighted by atomic mass is 10.0. The standard InChI is InChI=1S/C28H24N4O2S2/c1-34-27(33)25-15-23(14-19-8-3-2-4-9-19)36-26(25)31-28(35)30-22-16-29-32(18-22)17-21-12-7-11-20-10-5-6-13-24(20)21/h2-13,15-16,18H,14,17H2,1H3,(H2,30,31,35). The minimum absolute atomic E-state index is 0.373. The van der Waals surface area contributed by atoms with Crippen LogP contribution in [0, 0.1) is 0 Å². The minimum Gasteiger partial charge on any atom is -0.465 e. The van der Waals surface area contributed by atoms with Gasteiger partial charge in [0.2, 0.25) is 0 Å². The molecule has 6 nitrogen and oxygen atoms in total. The monoisotopic (exact) mass is 512 g/mol. The van der Waals surface area contributed by atoms with Crippen LogP contribution in [-0.4, -0.2) is 28.0 Å². The number of nitrogens with one attached hydrogen (secondary N) is 2. The maximum Gasteiger partial charge on any atom is 0.340 e. The number of carbonyl (C=O) groups excluding carboxylic acids is 1. The molecule has 0 aliphatic rings. The highest BCUT2D eigenvalue weighted by molar-refractivity contribution is 7.80. The van der Waals surface area contributed by atoms with E-state index in [4.69, 9.17) is 17.0 Å². The first-order valence-corrected chi connectivity index (χ1v) is 12.6. The zero-order valence-corrected chi connectivity index (χ0v) is 21.2. The number of hydrogen-bond acceptors (Lipinski definition) is 5. The molecule has 0 fully saturated rings. The number of rotatable bonds is 7. The number of aromatic nitrogens is 2. The smallest absolute Gasteiger partial charge is 0.340 e. The van der Waals surface area contributed by atoms with Crippen LogP contribution in [0.3, 0.4) is 0 Å². The maximum atomic E-state index is 12.4. The van der Waals surface area contributed by atoms with E-state index in [1.165, 1.54) is 40.3 Å². The van der Waals surface area contributed by atoms with Crippen LogP contribution in [0.25, 0.3) is 10.8 Å². The van der Waals surface area contributed by atoms with Crippen LogP contribution in [0.2, 0.25) is 0 Å². The average Bonchev–Trinajstić information content (AvgIpc) is 3.50. The molecule has 0 aliphatic carbocycles. The van der Waals surface area contributed by atoms with Gasteiger partial charge in [-0.2, -0.15) is 5.10 Å². The molecule has 0 saturated carbocycles. The summed E-state index contributed by atoms with van der Waals surface area (Å²) in [4.78, 5) is 13.4. The number of nitrogens with zero attached hydrogens (tertiary/aromatic N) is 2. The summed E-state index contributed by atoms with van der Waals surface area (Å²) in [5.41, 5.74) is 3.58. The number of carbonyl (C=O) groups is 1. The van der Waals surface area contributed by atoms with Crippen LogP contribution in [0.1, 0.15) is 26.4 Å². The maximum absolute atomic E-state index is 12.4.